The van der Waals surface area contributed by atoms with Crippen LogP contribution < -0.4 is 10.1 Å². The molecular weight excluding hydrogens is 486 g/mol. The van der Waals surface area contributed by atoms with Crippen molar-refractivity contribution in [1.82, 2.24) is 9.38 Å². The van der Waals surface area contributed by atoms with E-state index in [-0.39, 0.29) is 0 Å². The topological polar surface area (TPSA) is 38.6 Å². The molecule has 1 N–H and O–H groups in total. The van der Waals surface area contributed by atoms with Crippen molar-refractivity contribution in [3.05, 3.63) is 107 Å². The van der Waals surface area contributed by atoms with Gasteiger partial charge in [0, 0.05) is 18.3 Å². The van der Waals surface area contributed by atoms with Crippen molar-refractivity contribution >= 4 is 22.8 Å². The molecule has 1 aliphatic carbocycles. The van der Waals surface area contributed by atoms with Gasteiger partial charge in [0.15, 0.2) is 11.4 Å². The number of thiophene rings is 1. The van der Waals surface area contributed by atoms with E-state index in [4.69, 9.17) is 9.72 Å². The van der Waals surface area contributed by atoms with Crippen molar-refractivity contribution < 1.29 is 4.74 Å². The average Bonchev–Trinajstić information content (AvgIpc) is 3.60. The van der Waals surface area contributed by atoms with Gasteiger partial charge in [-0.15, -0.1) is 11.3 Å². The van der Waals surface area contributed by atoms with Crippen molar-refractivity contribution in [2.75, 3.05) is 11.9 Å². The van der Waals surface area contributed by atoms with Crippen LogP contribution in [-0.4, -0.2) is 15.9 Å². The number of benzene rings is 2. The molecule has 0 atom stereocenters. The minimum atomic E-state index is 0.506. The number of nitrogens with one attached hydrogen (secondary N) is 1. The molecule has 1 fully saturated rings. The number of ether oxygens (including phenoxy) is 1. The van der Waals surface area contributed by atoms with Gasteiger partial charge >= 0.3 is 0 Å². The van der Waals surface area contributed by atoms with Gasteiger partial charge < -0.3 is 10.1 Å². The Balaban J connectivity index is 1.33. The summed E-state index contributed by atoms with van der Waals surface area (Å²) < 4.78 is 8.41. The van der Waals surface area contributed by atoms with Gasteiger partial charge in [-0.1, -0.05) is 79.6 Å². The Bertz CT molecular complexity index is 1550. The highest BCUT2D eigenvalue weighted by molar-refractivity contribution is 7.16. The second-order valence-corrected chi connectivity index (χ2v) is 10.9. The van der Waals surface area contributed by atoms with E-state index in [9.17, 15) is 0 Å². The van der Waals surface area contributed by atoms with Crippen molar-refractivity contribution in [2.45, 2.75) is 38.7 Å². The standard InChI is InChI=1S/C33H31N3OS/c1-4-11-25(12-5-1)18-19-28-20-21-30(38-28)31-33(34-23-26-13-6-2-7-14-26)36-22-10-17-29(32(36)35-31)37-24-27-15-8-3-9-16-27/h1,3-5,8-12,15-17,20-22,26,34H,2,6-7,13-14,23-24H2. The predicted molar refractivity (Wildman–Crippen MR) is 157 cm³/mol. The molecule has 2 aromatic carbocycles. The van der Waals surface area contributed by atoms with E-state index in [2.05, 4.69) is 52.0 Å². The molecule has 0 bridgehead atoms. The smallest absolute Gasteiger partial charge is 0.182 e. The van der Waals surface area contributed by atoms with Gasteiger partial charge in [-0.2, -0.15) is 0 Å². The maximum Gasteiger partial charge on any atom is 0.182 e. The first-order valence-corrected chi connectivity index (χ1v) is 14.2. The maximum atomic E-state index is 6.27. The van der Waals surface area contributed by atoms with Crippen LogP contribution in [0.15, 0.2) is 91.1 Å². The number of aromatic nitrogens is 2. The highest BCUT2D eigenvalue weighted by Crippen LogP contribution is 2.37. The van der Waals surface area contributed by atoms with Gasteiger partial charge in [-0.25, -0.2) is 4.98 Å². The van der Waals surface area contributed by atoms with Gasteiger partial charge in [0.2, 0.25) is 0 Å². The Morgan fingerprint density at radius 3 is 2.47 bits per heavy atom. The van der Waals surface area contributed by atoms with E-state index in [0.29, 0.717) is 12.5 Å². The molecule has 3 aromatic heterocycles. The molecule has 0 unspecified atom stereocenters. The summed E-state index contributed by atoms with van der Waals surface area (Å²) in [4.78, 5) is 7.26. The Morgan fingerprint density at radius 1 is 0.868 bits per heavy atom. The maximum absolute atomic E-state index is 6.27. The van der Waals surface area contributed by atoms with Gasteiger partial charge in [0.1, 0.15) is 18.1 Å². The molecule has 0 radical (unpaired) electrons. The van der Waals surface area contributed by atoms with E-state index in [1.807, 2.05) is 60.7 Å². The number of anilines is 1. The summed E-state index contributed by atoms with van der Waals surface area (Å²) in [6, 6.07) is 28.6. The molecule has 0 aliphatic heterocycles. The van der Waals surface area contributed by atoms with Crippen molar-refractivity contribution in [1.29, 1.82) is 0 Å². The second kappa shape index (κ2) is 11.6. The van der Waals surface area contributed by atoms with Crippen molar-refractivity contribution in [3.8, 4) is 28.2 Å². The van der Waals surface area contributed by atoms with Crippen LogP contribution >= 0.6 is 11.3 Å². The first-order chi connectivity index (χ1) is 18.8. The van der Waals surface area contributed by atoms with Crippen LogP contribution in [0.3, 0.4) is 0 Å². The predicted octanol–water partition coefficient (Wildman–Crippen LogP) is 8.03. The summed E-state index contributed by atoms with van der Waals surface area (Å²) in [5.74, 6) is 9.12. The zero-order chi connectivity index (χ0) is 25.6. The first kappa shape index (κ1) is 24.3. The van der Waals surface area contributed by atoms with Crippen LogP contribution in [0.25, 0.3) is 16.2 Å². The lowest BCUT2D eigenvalue weighted by molar-refractivity contribution is 0.308. The number of pyridine rings is 1. The minimum Gasteiger partial charge on any atom is -0.485 e. The van der Waals surface area contributed by atoms with Gasteiger partial charge in [-0.3, -0.25) is 4.40 Å². The number of imidazole rings is 1. The molecule has 1 saturated carbocycles. The zero-order valence-electron chi connectivity index (χ0n) is 21.4. The fraction of sp³-hybridized carbons (Fsp3) is 0.242. The molecular formula is C33H31N3OS. The Labute approximate surface area is 228 Å². The molecule has 5 heteroatoms. The number of rotatable bonds is 7. The number of hydrogen-bond donors (Lipinski definition) is 1. The normalized spacial score (nSPS) is 13.7. The van der Waals surface area contributed by atoms with Crippen LogP contribution in [0.4, 0.5) is 5.82 Å². The van der Waals surface area contributed by atoms with Gasteiger partial charge in [0.25, 0.3) is 0 Å². The summed E-state index contributed by atoms with van der Waals surface area (Å²) in [7, 11) is 0. The van der Waals surface area contributed by atoms with Gasteiger partial charge in [0.05, 0.1) is 9.75 Å². The molecule has 0 amide bonds. The fourth-order valence-corrected chi connectivity index (χ4v) is 5.90. The van der Waals surface area contributed by atoms with Crippen molar-refractivity contribution in [2.24, 2.45) is 5.92 Å². The van der Waals surface area contributed by atoms with E-state index in [1.54, 1.807) is 11.3 Å². The lowest BCUT2D eigenvalue weighted by atomic mass is 9.89. The van der Waals surface area contributed by atoms with Crippen molar-refractivity contribution in [3.63, 3.8) is 0 Å². The van der Waals surface area contributed by atoms with Crippen LogP contribution in [0, 0.1) is 17.8 Å². The number of nitrogens with zero attached hydrogens (tertiary/aromatic N) is 2. The molecule has 6 rings (SSSR count). The molecule has 0 saturated heterocycles. The average molecular weight is 518 g/mol. The zero-order valence-corrected chi connectivity index (χ0v) is 22.2. The van der Waals surface area contributed by atoms with Gasteiger partial charge in [-0.05, 0) is 60.7 Å². The highest BCUT2D eigenvalue weighted by atomic mass is 32.1. The lowest BCUT2D eigenvalue weighted by Gasteiger charge is -2.22. The van der Waals surface area contributed by atoms with E-state index in [0.717, 1.165) is 50.3 Å². The largest absolute Gasteiger partial charge is 0.485 e. The first-order valence-electron chi connectivity index (χ1n) is 13.4. The quantitative estimate of drug-likeness (QED) is 0.222. The molecule has 4 nitrogen and oxygen atoms in total. The molecule has 38 heavy (non-hydrogen) atoms. The summed E-state index contributed by atoms with van der Waals surface area (Å²) >= 11 is 1.68. The Hall–Kier alpha value is -4.01. The fourth-order valence-electron chi connectivity index (χ4n) is 5.05. The Morgan fingerprint density at radius 2 is 1.66 bits per heavy atom. The van der Waals surface area contributed by atoms with Crippen LogP contribution in [0.1, 0.15) is 48.1 Å². The molecule has 3 heterocycles. The summed E-state index contributed by atoms with van der Waals surface area (Å²) in [5, 5.41) is 3.79. The van der Waals surface area contributed by atoms with Crippen LogP contribution in [-0.2, 0) is 6.61 Å². The second-order valence-electron chi connectivity index (χ2n) is 9.81. The van der Waals surface area contributed by atoms with Crippen LogP contribution in [0.5, 0.6) is 5.75 Å². The monoisotopic (exact) mass is 517 g/mol. The molecule has 5 aromatic rings. The van der Waals surface area contributed by atoms with E-state index in [1.165, 1.54) is 32.1 Å². The van der Waals surface area contributed by atoms with E-state index >= 15 is 0 Å². The third-order valence-electron chi connectivity index (χ3n) is 7.08. The summed E-state index contributed by atoms with van der Waals surface area (Å²) in [6.45, 7) is 1.47. The molecule has 1 aliphatic rings. The lowest BCUT2D eigenvalue weighted by Crippen LogP contribution is -2.18. The summed E-state index contributed by atoms with van der Waals surface area (Å²) in [5.41, 5.74) is 3.94. The summed E-state index contributed by atoms with van der Waals surface area (Å²) in [6.07, 6.45) is 8.69. The van der Waals surface area contributed by atoms with Crippen LogP contribution in [0.2, 0.25) is 0 Å². The Kier molecular flexibility index (Phi) is 7.42. The molecule has 190 valence electrons. The van der Waals surface area contributed by atoms with E-state index < -0.39 is 0 Å². The SMILES string of the molecule is C(#Cc1ccc(-c2nc3c(OCc4ccccc4)cccn3c2NCC2CCCCC2)s1)c1ccccc1. The molecule has 0 spiro atoms. The third-order valence-corrected chi connectivity index (χ3v) is 8.08. The highest BCUT2D eigenvalue weighted by Gasteiger charge is 2.20. The number of fused-ring (bicyclic) bond motifs is 1. The minimum absolute atomic E-state index is 0.506. The number of hydrogen-bond acceptors (Lipinski definition) is 4. The third kappa shape index (κ3) is 5.61.